The van der Waals surface area contributed by atoms with Crippen molar-refractivity contribution in [2.75, 3.05) is 45.9 Å². The lowest BCUT2D eigenvalue weighted by molar-refractivity contribution is -0.132. The van der Waals surface area contributed by atoms with E-state index in [2.05, 4.69) is 4.90 Å². The van der Waals surface area contributed by atoms with Gasteiger partial charge in [0.25, 0.3) is 0 Å². The van der Waals surface area contributed by atoms with Crippen LogP contribution in [0.15, 0.2) is 0 Å². The number of carbonyl (C=O) groups excluding carboxylic acids is 1. The second kappa shape index (κ2) is 7.28. The lowest BCUT2D eigenvalue weighted by atomic mass is 9.87. The van der Waals surface area contributed by atoms with E-state index in [9.17, 15) is 9.90 Å². The molecule has 0 aromatic heterocycles. The summed E-state index contributed by atoms with van der Waals surface area (Å²) in [6, 6.07) is 0. The van der Waals surface area contributed by atoms with Crippen LogP contribution in [0.25, 0.3) is 0 Å². The smallest absolute Gasteiger partial charge is 0.222 e. The summed E-state index contributed by atoms with van der Waals surface area (Å²) >= 11 is 0. The van der Waals surface area contributed by atoms with Crippen molar-refractivity contribution >= 4 is 5.91 Å². The molecule has 1 unspecified atom stereocenters. The third-order valence-corrected chi connectivity index (χ3v) is 5.49. The highest BCUT2D eigenvalue weighted by Crippen LogP contribution is 2.29. The summed E-state index contributed by atoms with van der Waals surface area (Å²) in [7, 11) is 0. The van der Waals surface area contributed by atoms with Crippen molar-refractivity contribution in [3.05, 3.63) is 0 Å². The van der Waals surface area contributed by atoms with Gasteiger partial charge in [0.1, 0.15) is 0 Å². The van der Waals surface area contributed by atoms with Gasteiger partial charge in [-0.2, -0.15) is 0 Å². The highest BCUT2D eigenvalue weighted by atomic mass is 16.5. The van der Waals surface area contributed by atoms with Gasteiger partial charge >= 0.3 is 0 Å². The van der Waals surface area contributed by atoms with Crippen LogP contribution in [-0.2, 0) is 9.53 Å². The first-order chi connectivity index (χ1) is 10.6. The average molecular weight is 310 g/mol. The summed E-state index contributed by atoms with van der Waals surface area (Å²) in [6.07, 6.45) is 7.69. The van der Waals surface area contributed by atoms with Gasteiger partial charge in [-0.1, -0.05) is 19.3 Å². The largest absolute Gasteiger partial charge is 0.387 e. The van der Waals surface area contributed by atoms with E-state index >= 15 is 0 Å². The highest BCUT2D eigenvalue weighted by molar-refractivity contribution is 5.77. The number of amides is 1. The molecule has 126 valence electrons. The third-order valence-electron chi connectivity index (χ3n) is 5.49. The number of hydrogen-bond acceptors (Lipinski definition) is 4. The number of nitrogens with zero attached hydrogens (tertiary/aromatic N) is 2. The quantitative estimate of drug-likeness (QED) is 0.849. The van der Waals surface area contributed by atoms with Gasteiger partial charge in [-0.3, -0.25) is 9.69 Å². The zero-order valence-corrected chi connectivity index (χ0v) is 13.6. The normalized spacial score (nSPS) is 31.6. The Labute approximate surface area is 133 Å². The molecule has 3 aliphatic rings. The van der Waals surface area contributed by atoms with E-state index in [-0.39, 0.29) is 5.91 Å². The van der Waals surface area contributed by atoms with Crippen molar-refractivity contribution in [2.45, 2.75) is 50.5 Å². The zero-order chi connectivity index (χ0) is 15.4. The fourth-order valence-corrected chi connectivity index (χ4v) is 4.14. The van der Waals surface area contributed by atoms with Crippen LogP contribution in [-0.4, -0.2) is 72.4 Å². The van der Waals surface area contributed by atoms with Crippen LogP contribution in [0.3, 0.4) is 0 Å². The lowest BCUT2D eigenvalue weighted by Gasteiger charge is -2.33. The van der Waals surface area contributed by atoms with E-state index in [1.54, 1.807) is 0 Å². The van der Waals surface area contributed by atoms with Crippen molar-refractivity contribution in [1.82, 2.24) is 9.80 Å². The maximum Gasteiger partial charge on any atom is 0.222 e. The molecule has 3 fully saturated rings. The Kier molecular flexibility index (Phi) is 5.37. The number of aliphatic hydroxyl groups is 1. The van der Waals surface area contributed by atoms with Crippen molar-refractivity contribution in [3.8, 4) is 0 Å². The summed E-state index contributed by atoms with van der Waals surface area (Å²) in [4.78, 5) is 16.6. The number of rotatable bonds is 4. The molecular weight excluding hydrogens is 280 g/mol. The minimum atomic E-state index is -0.723. The fraction of sp³-hybridized carbons (Fsp3) is 0.941. The fourth-order valence-electron chi connectivity index (χ4n) is 4.14. The Bertz CT molecular complexity index is 378. The molecule has 0 aromatic rings. The summed E-state index contributed by atoms with van der Waals surface area (Å²) in [5.41, 5.74) is -0.723. The van der Waals surface area contributed by atoms with E-state index in [1.807, 2.05) is 4.90 Å². The Balaban J connectivity index is 1.46. The minimum Gasteiger partial charge on any atom is -0.387 e. The first-order valence-electron chi connectivity index (χ1n) is 8.95. The summed E-state index contributed by atoms with van der Waals surface area (Å²) in [6.45, 7) is 5.17. The second-order valence-electron chi connectivity index (χ2n) is 7.39. The number of ether oxygens (including phenoxy) is 1. The maximum absolute atomic E-state index is 12.5. The maximum atomic E-state index is 12.5. The lowest BCUT2D eigenvalue weighted by Crippen LogP contribution is -2.49. The van der Waals surface area contributed by atoms with Crippen LogP contribution in [0.2, 0.25) is 0 Å². The van der Waals surface area contributed by atoms with Gasteiger partial charge < -0.3 is 14.7 Å². The van der Waals surface area contributed by atoms with Gasteiger partial charge in [0, 0.05) is 32.6 Å². The molecule has 5 nitrogen and oxygen atoms in total. The zero-order valence-electron chi connectivity index (χ0n) is 13.6. The molecule has 1 amide bonds. The van der Waals surface area contributed by atoms with Gasteiger partial charge in [-0.15, -0.1) is 0 Å². The molecule has 1 atom stereocenters. The number of morpholine rings is 1. The van der Waals surface area contributed by atoms with Gasteiger partial charge in [0.2, 0.25) is 5.91 Å². The van der Waals surface area contributed by atoms with Gasteiger partial charge in [0.15, 0.2) is 0 Å². The Hall–Kier alpha value is -0.650. The Morgan fingerprint density at radius 2 is 1.86 bits per heavy atom. The van der Waals surface area contributed by atoms with Gasteiger partial charge in [0.05, 0.1) is 25.4 Å². The van der Waals surface area contributed by atoms with E-state index in [0.717, 1.165) is 26.3 Å². The van der Waals surface area contributed by atoms with Crippen molar-refractivity contribution < 1.29 is 14.6 Å². The molecule has 1 saturated carbocycles. The predicted octanol–water partition coefficient (Wildman–Crippen LogP) is 1.25. The molecule has 0 aromatic carbocycles. The van der Waals surface area contributed by atoms with Crippen LogP contribution in [0, 0.1) is 5.92 Å². The SMILES string of the molecule is O=C(CC1CCCCC1)N1CCC(O)(CN2CCOCC2)C1. The van der Waals surface area contributed by atoms with Crippen molar-refractivity contribution in [2.24, 2.45) is 5.92 Å². The average Bonchev–Trinajstić information content (AvgIpc) is 2.91. The number of carbonyl (C=O) groups is 1. The van der Waals surface area contributed by atoms with Crippen LogP contribution < -0.4 is 0 Å². The van der Waals surface area contributed by atoms with E-state index in [4.69, 9.17) is 4.74 Å². The summed E-state index contributed by atoms with van der Waals surface area (Å²) < 4.78 is 5.35. The molecular formula is C17H30N2O3. The van der Waals surface area contributed by atoms with Crippen LogP contribution in [0.5, 0.6) is 0 Å². The number of likely N-dealkylation sites (tertiary alicyclic amines) is 1. The summed E-state index contributed by atoms with van der Waals surface area (Å²) in [5, 5.41) is 10.8. The topological polar surface area (TPSA) is 53.0 Å². The molecule has 2 heterocycles. The van der Waals surface area contributed by atoms with Crippen LogP contribution in [0.1, 0.15) is 44.9 Å². The highest BCUT2D eigenvalue weighted by Gasteiger charge is 2.39. The van der Waals surface area contributed by atoms with Crippen LogP contribution in [0.4, 0.5) is 0 Å². The number of hydrogen-bond donors (Lipinski definition) is 1. The molecule has 5 heteroatoms. The Morgan fingerprint density at radius 3 is 2.59 bits per heavy atom. The van der Waals surface area contributed by atoms with E-state index in [1.165, 1.54) is 32.1 Å². The summed E-state index contributed by atoms with van der Waals surface area (Å²) in [5.74, 6) is 0.832. The molecule has 1 aliphatic carbocycles. The van der Waals surface area contributed by atoms with Gasteiger partial charge in [-0.25, -0.2) is 0 Å². The monoisotopic (exact) mass is 310 g/mol. The Morgan fingerprint density at radius 1 is 1.14 bits per heavy atom. The molecule has 2 saturated heterocycles. The van der Waals surface area contributed by atoms with Crippen molar-refractivity contribution in [1.29, 1.82) is 0 Å². The second-order valence-corrected chi connectivity index (χ2v) is 7.39. The van der Waals surface area contributed by atoms with Crippen molar-refractivity contribution in [3.63, 3.8) is 0 Å². The standard InChI is InChI=1S/C17H30N2O3/c20-16(12-15-4-2-1-3-5-15)19-7-6-17(21,14-19)13-18-8-10-22-11-9-18/h15,21H,1-14H2. The first-order valence-corrected chi connectivity index (χ1v) is 8.95. The van der Waals surface area contributed by atoms with Gasteiger partial charge in [-0.05, 0) is 25.2 Å². The molecule has 1 N–H and O–H groups in total. The molecule has 0 radical (unpaired) electrons. The molecule has 0 spiro atoms. The first kappa shape index (κ1) is 16.2. The van der Waals surface area contributed by atoms with E-state index < -0.39 is 5.60 Å². The third kappa shape index (κ3) is 4.21. The van der Waals surface area contributed by atoms with E-state index in [0.29, 0.717) is 38.4 Å². The number of β-amino-alcohol motifs (C(OH)–C–C–N with tert-alkyl or cyclic N) is 1. The molecule has 2 aliphatic heterocycles. The van der Waals surface area contributed by atoms with Crippen LogP contribution >= 0.6 is 0 Å². The molecule has 0 bridgehead atoms. The molecule has 3 rings (SSSR count). The predicted molar refractivity (Wildman–Crippen MR) is 84.6 cm³/mol. The molecule has 22 heavy (non-hydrogen) atoms. The minimum absolute atomic E-state index is 0.254.